The first-order valence-corrected chi connectivity index (χ1v) is 8.72. The number of para-hydroxylation sites is 1. The molecule has 0 aliphatic carbocycles. The first kappa shape index (κ1) is 15.4. The number of hydrogen-bond acceptors (Lipinski definition) is 5. The highest BCUT2D eigenvalue weighted by atomic mass is 32.2. The van der Waals surface area contributed by atoms with Crippen LogP contribution in [0.3, 0.4) is 0 Å². The van der Waals surface area contributed by atoms with Gasteiger partial charge < -0.3 is 10.1 Å². The fraction of sp³-hybridized carbons (Fsp3) is 0.400. The molecule has 1 fully saturated rings. The van der Waals surface area contributed by atoms with E-state index in [2.05, 4.69) is 15.0 Å². The molecule has 6 nitrogen and oxygen atoms in total. The van der Waals surface area contributed by atoms with Gasteiger partial charge in [0, 0.05) is 31.2 Å². The quantitative estimate of drug-likeness (QED) is 0.871. The topological polar surface area (TPSA) is 80.3 Å². The molecule has 1 unspecified atom stereocenters. The van der Waals surface area contributed by atoms with E-state index in [1.165, 1.54) is 0 Å². The van der Waals surface area contributed by atoms with Crippen molar-refractivity contribution in [2.45, 2.75) is 17.9 Å². The molecule has 1 atom stereocenters. The molecule has 1 aromatic heterocycles. The average molecular weight is 321 g/mol. The smallest absolute Gasteiger partial charge is 0.242 e. The number of rotatable bonds is 4. The van der Waals surface area contributed by atoms with Crippen molar-refractivity contribution in [2.75, 3.05) is 26.2 Å². The van der Waals surface area contributed by atoms with Crippen molar-refractivity contribution in [3.63, 3.8) is 0 Å². The number of nitrogens with one attached hydrogen (secondary N) is 2. The SMILES string of the molecule is Cc1cnc2c(S(=O)(=O)NCC3CNCCO3)cccc2c1. The van der Waals surface area contributed by atoms with E-state index in [0.717, 1.165) is 17.5 Å². The van der Waals surface area contributed by atoms with Crippen LogP contribution >= 0.6 is 0 Å². The molecule has 2 aromatic rings. The summed E-state index contributed by atoms with van der Waals surface area (Å²) in [6.07, 6.45) is 1.53. The highest BCUT2D eigenvalue weighted by Crippen LogP contribution is 2.21. The lowest BCUT2D eigenvalue weighted by Gasteiger charge is -2.23. The summed E-state index contributed by atoms with van der Waals surface area (Å²) in [4.78, 5) is 4.48. The van der Waals surface area contributed by atoms with Gasteiger partial charge in [-0.05, 0) is 24.6 Å². The van der Waals surface area contributed by atoms with E-state index >= 15 is 0 Å². The van der Waals surface area contributed by atoms with E-state index in [0.29, 0.717) is 18.7 Å². The number of pyridine rings is 1. The lowest BCUT2D eigenvalue weighted by molar-refractivity contribution is 0.0324. The van der Waals surface area contributed by atoms with Crippen LogP contribution in [0, 0.1) is 6.92 Å². The highest BCUT2D eigenvalue weighted by Gasteiger charge is 2.21. The third-order valence-corrected chi connectivity index (χ3v) is 5.06. The first-order chi connectivity index (χ1) is 10.6. The van der Waals surface area contributed by atoms with Gasteiger partial charge in [-0.25, -0.2) is 13.1 Å². The van der Waals surface area contributed by atoms with E-state index in [4.69, 9.17) is 4.74 Å². The number of hydrogen-bond donors (Lipinski definition) is 2. The Balaban J connectivity index is 1.85. The molecule has 0 saturated carbocycles. The molecule has 0 bridgehead atoms. The van der Waals surface area contributed by atoms with E-state index in [-0.39, 0.29) is 17.5 Å². The van der Waals surface area contributed by atoms with Crippen molar-refractivity contribution in [3.05, 3.63) is 36.0 Å². The van der Waals surface area contributed by atoms with Crippen molar-refractivity contribution < 1.29 is 13.2 Å². The molecule has 118 valence electrons. The molecule has 2 heterocycles. The molecule has 1 aromatic carbocycles. The van der Waals surface area contributed by atoms with Crippen LogP contribution in [0.15, 0.2) is 35.4 Å². The molecular weight excluding hydrogens is 302 g/mol. The van der Waals surface area contributed by atoms with Crippen LogP contribution in [-0.4, -0.2) is 45.7 Å². The van der Waals surface area contributed by atoms with Gasteiger partial charge in [-0.3, -0.25) is 4.98 Å². The Kier molecular flexibility index (Phi) is 4.39. The van der Waals surface area contributed by atoms with Crippen LogP contribution in [0.4, 0.5) is 0 Å². The Bertz CT molecular complexity index is 771. The van der Waals surface area contributed by atoms with Gasteiger partial charge in [0.1, 0.15) is 4.90 Å². The third-order valence-electron chi connectivity index (χ3n) is 3.61. The second kappa shape index (κ2) is 6.29. The summed E-state index contributed by atoms with van der Waals surface area (Å²) in [5, 5.41) is 3.99. The molecule has 22 heavy (non-hydrogen) atoms. The predicted molar refractivity (Wildman–Crippen MR) is 84.3 cm³/mol. The van der Waals surface area contributed by atoms with E-state index < -0.39 is 10.0 Å². The lowest BCUT2D eigenvalue weighted by Crippen LogP contribution is -2.45. The van der Waals surface area contributed by atoms with Gasteiger partial charge in [0.25, 0.3) is 0 Å². The molecule has 0 radical (unpaired) electrons. The molecular formula is C15H19N3O3S. The molecule has 1 aliphatic heterocycles. The Morgan fingerprint density at radius 3 is 3.09 bits per heavy atom. The van der Waals surface area contributed by atoms with E-state index in [9.17, 15) is 8.42 Å². The Hall–Kier alpha value is -1.54. The van der Waals surface area contributed by atoms with E-state index in [1.54, 1.807) is 18.3 Å². The number of morpholine rings is 1. The fourth-order valence-electron chi connectivity index (χ4n) is 2.49. The third kappa shape index (κ3) is 3.27. The van der Waals surface area contributed by atoms with Crippen LogP contribution in [0.2, 0.25) is 0 Å². The minimum atomic E-state index is -3.62. The van der Waals surface area contributed by atoms with Crippen LogP contribution in [0.1, 0.15) is 5.56 Å². The molecule has 1 saturated heterocycles. The van der Waals surface area contributed by atoms with Gasteiger partial charge in [0.2, 0.25) is 10.0 Å². The molecule has 7 heteroatoms. The van der Waals surface area contributed by atoms with E-state index in [1.807, 2.05) is 19.1 Å². The number of aryl methyl sites for hydroxylation is 1. The maximum absolute atomic E-state index is 12.5. The molecule has 0 amide bonds. The molecule has 2 N–H and O–H groups in total. The molecule has 3 rings (SSSR count). The summed E-state index contributed by atoms with van der Waals surface area (Å²) in [6, 6.07) is 7.10. The number of fused-ring (bicyclic) bond motifs is 1. The largest absolute Gasteiger partial charge is 0.374 e. The number of sulfonamides is 1. The standard InChI is InChI=1S/C15H19N3O3S/c1-11-7-12-3-2-4-14(15(12)17-8-11)22(19,20)18-10-13-9-16-5-6-21-13/h2-4,7-8,13,16,18H,5-6,9-10H2,1H3. The maximum Gasteiger partial charge on any atom is 0.242 e. The summed E-state index contributed by atoms with van der Waals surface area (Å²) in [6.45, 7) is 4.23. The Morgan fingerprint density at radius 2 is 2.32 bits per heavy atom. The normalized spacial score (nSPS) is 19.4. The van der Waals surface area contributed by atoms with Gasteiger partial charge in [-0.2, -0.15) is 0 Å². The zero-order valence-electron chi connectivity index (χ0n) is 12.4. The van der Waals surface area contributed by atoms with Crippen LogP contribution in [0.25, 0.3) is 10.9 Å². The highest BCUT2D eigenvalue weighted by molar-refractivity contribution is 7.89. The summed E-state index contributed by atoms with van der Waals surface area (Å²) in [5.41, 5.74) is 1.49. The van der Waals surface area contributed by atoms with Gasteiger partial charge in [0.15, 0.2) is 0 Å². The number of benzene rings is 1. The zero-order valence-corrected chi connectivity index (χ0v) is 13.2. The predicted octanol–water partition coefficient (Wildman–Crippen LogP) is 0.810. The van der Waals surface area contributed by atoms with Gasteiger partial charge in [-0.15, -0.1) is 0 Å². The molecule has 0 spiro atoms. The summed E-state index contributed by atoms with van der Waals surface area (Å²) < 4.78 is 33.2. The minimum absolute atomic E-state index is 0.145. The van der Waals surface area contributed by atoms with Crippen molar-refractivity contribution >= 4 is 20.9 Å². The number of nitrogens with zero attached hydrogens (tertiary/aromatic N) is 1. The van der Waals surface area contributed by atoms with Crippen LogP contribution in [-0.2, 0) is 14.8 Å². The monoisotopic (exact) mass is 321 g/mol. The van der Waals surface area contributed by atoms with Crippen LogP contribution in [0.5, 0.6) is 0 Å². The fourth-order valence-corrected chi connectivity index (χ4v) is 3.73. The average Bonchev–Trinajstić information content (AvgIpc) is 2.53. The van der Waals surface area contributed by atoms with Gasteiger partial charge in [-0.1, -0.05) is 12.1 Å². The molecule has 1 aliphatic rings. The second-order valence-electron chi connectivity index (χ2n) is 5.39. The Morgan fingerprint density at radius 1 is 1.45 bits per heavy atom. The summed E-state index contributed by atoms with van der Waals surface area (Å²) >= 11 is 0. The van der Waals surface area contributed by atoms with Gasteiger partial charge >= 0.3 is 0 Å². The summed E-state index contributed by atoms with van der Waals surface area (Å²) in [5.74, 6) is 0. The summed E-state index contributed by atoms with van der Waals surface area (Å²) in [7, 11) is -3.62. The second-order valence-corrected chi connectivity index (χ2v) is 7.12. The van der Waals surface area contributed by atoms with Crippen molar-refractivity contribution in [3.8, 4) is 0 Å². The number of ether oxygens (including phenoxy) is 1. The number of aromatic nitrogens is 1. The minimum Gasteiger partial charge on any atom is -0.374 e. The van der Waals surface area contributed by atoms with Crippen molar-refractivity contribution in [1.82, 2.24) is 15.0 Å². The van der Waals surface area contributed by atoms with Gasteiger partial charge in [0.05, 0.1) is 18.2 Å². The maximum atomic E-state index is 12.5. The zero-order chi connectivity index (χ0) is 15.6. The van der Waals surface area contributed by atoms with Crippen LogP contribution < -0.4 is 10.0 Å². The first-order valence-electron chi connectivity index (χ1n) is 7.23. The van der Waals surface area contributed by atoms with Crippen molar-refractivity contribution in [1.29, 1.82) is 0 Å². The van der Waals surface area contributed by atoms with Crippen molar-refractivity contribution in [2.24, 2.45) is 0 Å². The lowest BCUT2D eigenvalue weighted by atomic mass is 10.2. The Labute approximate surface area is 129 Å².